The van der Waals surface area contributed by atoms with Crippen LogP contribution in [0.4, 0.5) is 14.5 Å². The molecule has 8 nitrogen and oxygen atoms in total. The van der Waals surface area contributed by atoms with Crippen molar-refractivity contribution in [1.29, 1.82) is 0 Å². The van der Waals surface area contributed by atoms with Gasteiger partial charge in [-0.1, -0.05) is 54.4 Å². The molecule has 1 amide bonds. The third-order valence-electron chi connectivity index (χ3n) is 7.85. The van der Waals surface area contributed by atoms with Gasteiger partial charge in [0.1, 0.15) is 23.8 Å². The quantitative estimate of drug-likeness (QED) is 0.249. The molecule has 13 heteroatoms. The third-order valence-corrected chi connectivity index (χ3v) is 10.6. The number of carboxylic acids is 1. The molecule has 1 saturated heterocycles. The standard InChI is InChI=1S/C31H30Cl2F2N2O6S/c1-2-23(17-36(44(41,42)24-11-12-24)26-13-10-22(34)15-25(26)35)37-29(18-6-8-20(32)9-7-18)30(19-4-3-5-21(33)14-19)43-27(31(37)40)16-28(38)39/h3-10,13-15,23-24,27,29-30H,2,11-12,16-17H2,1H3,(H,38,39)/t23?,27-,29+,30+/m0/s1. The van der Waals surface area contributed by atoms with Crippen molar-refractivity contribution in [1.82, 2.24) is 4.90 Å². The summed E-state index contributed by atoms with van der Waals surface area (Å²) in [4.78, 5) is 27.5. The highest BCUT2D eigenvalue weighted by atomic mass is 35.5. The fourth-order valence-corrected chi connectivity index (χ4v) is 7.79. The lowest BCUT2D eigenvalue weighted by Gasteiger charge is -2.48. The average molecular weight is 668 g/mol. The number of anilines is 1. The van der Waals surface area contributed by atoms with Crippen molar-refractivity contribution in [3.05, 3.63) is 99.5 Å². The zero-order chi connectivity index (χ0) is 31.8. The monoisotopic (exact) mass is 666 g/mol. The minimum absolute atomic E-state index is 0.206. The molecule has 0 bridgehead atoms. The zero-order valence-electron chi connectivity index (χ0n) is 23.6. The Hall–Kier alpha value is -3.25. The molecule has 0 spiro atoms. The molecule has 1 heterocycles. The Morgan fingerprint density at radius 3 is 2.34 bits per heavy atom. The highest BCUT2D eigenvalue weighted by Gasteiger charge is 2.49. The lowest BCUT2D eigenvalue weighted by molar-refractivity contribution is -0.183. The third kappa shape index (κ3) is 6.71. The van der Waals surface area contributed by atoms with Gasteiger partial charge in [0.05, 0.1) is 36.0 Å². The van der Waals surface area contributed by atoms with Crippen molar-refractivity contribution in [3.8, 4) is 0 Å². The number of carbonyl (C=O) groups excluding carboxylic acids is 1. The molecular formula is C31H30Cl2F2N2O6S. The van der Waals surface area contributed by atoms with E-state index in [4.69, 9.17) is 27.9 Å². The zero-order valence-corrected chi connectivity index (χ0v) is 25.9. The number of hydrogen-bond acceptors (Lipinski definition) is 5. The number of aliphatic carboxylic acids is 1. The van der Waals surface area contributed by atoms with Crippen LogP contribution < -0.4 is 4.31 Å². The van der Waals surface area contributed by atoms with Crippen molar-refractivity contribution in [2.24, 2.45) is 0 Å². The van der Waals surface area contributed by atoms with Gasteiger partial charge in [-0.05, 0) is 66.8 Å². The molecule has 1 saturated carbocycles. The number of nitrogens with zero attached hydrogens (tertiary/aromatic N) is 2. The molecule has 3 aromatic carbocycles. The minimum atomic E-state index is -4.10. The van der Waals surface area contributed by atoms with Crippen molar-refractivity contribution >= 4 is 50.8 Å². The van der Waals surface area contributed by atoms with Gasteiger partial charge in [0, 0.05) is 16.1 Å². The maximum absolute atomic E-state index is 15.2. The largest absolute Gasteiger partial charge is 0.481 e. The topological polar surface area (TPSA) is 104 Å². The second-order valence-corrected chi connectivity index (χ2v) is 13.9. The lowest BCUT2D eigenvalue weighted by atomic mass is 9.89. The first kappa shape index (κ1) is 32.2. The van der Waals surface area contributed by atoms with E-state index in [1.807, 2.05) is 0 Å². The summed E-state index contributed by atoms with van der Waals surface area (Å²) >= 11 is 12.5. The summed E-state index contributed by atoms with van der Waals surface area (Å²) in [6.07, 6.45) is -1.99. The minimum Gasteiger partial charge on any atom is -0.481 e. The Labute approximate surface area is 264 Å². The molecule has 1 aliphatic carbocycles. The van der Waals surface area contributed by atoms with E-state index >= 15 is 4.39 Å². The van der Waals surface area contributed by atoms with E-state index in [2.05, 4.69) is 0 Å². The molecule has 1 N–H and O–H groups in total. The number of hydrogen-bond donors (Lipinski definition) is 1. The molecule has 1 aliphatic heterocycles. The fourth-order valence-electron chi connectivity index (χ4n) is 5.57. The van der Waals surface area contributed by atoms with Crippen LogP contribution in [-0.2, 0) is 24.3 Å². The number of sulfonamides is 1. The highest BCUT2D eigenvalue weighted by Crippen LogP contribution is 2.45. The van der Waals surface area contributed by atoms with Crippen LogP contribution in [0, 0.1) is 11.6 Å². The van der Waals surface area contributed by atoms with Crippen LogP contribution in [-0.4, -0.2) is 54.2 Å². The van der Waals surface area contributed by atoms with E-state index in [9.17, 15) is 27.5 Å². The molecule has 3 aromatic rings. The van der Waals surface area contributed by atoms with Crippen LogP contribution in [0.25, 0.3) is 0 Å². The maximum atomic E-state index is 15.2. The van der Waals surface area contributed by atoms with Crippen molar-refractivity contribution in [3.63, 3.8) is 0 Å². The van der Waals surface area contributed by atoms with Crippen molar-refractivity contribution in [2.75, 3.05) is 10.8 Å². The van der Waals surface area contributed by atoms with E-state index in [1.54, 1.807) is 55.5 Å². The van der Waals surface area contributed by atoms with Gasteiger partial charge in [-0.15, -0.1) is 0 Å². The van der Waals surface area contributed by atoms with Crippen LogP contribution >= 0.6 is 23.2 Å². The van der Waals surface area contributed by atoms with Crippen LogP contribution in [0.2, 0.25) is 10.0 Å². The molecule has 1 unspecified atom stereocenters. The second kappa shape index (κ2) is 13.0. The summed E-state index contributed by atoms with van der Waals surface area (Å²) in [6.45, 7) is 1.38. The van der Waals surface area contributed by atoms with E-state index in [-0.39, 0.29) is 18.7 Å². The molecule has 234 valence electrons. The van der Waals surface area contributed by atoms with Crippen LogP contribution in [0.1, 0.15) is 55.9 Å². The highest BCUT2D eigenvalue weighted by molar-refractivity contribution is 7.93. The van der Waals surface area contributed by atoms with Crippen LogP contribution in [0.5, 0.6) is 0 Å². The summed E-state index contributed by atoms with van der Waals surface area (Å²) in [6, 6.07) is 14.3. The Morgan fingerprint density at radius 1 is 1.05 bits per heavy atom. The first-order chi connectivity index (χ1) is 20.9. The van der Waals surface area contributed by atoms with E-state index in [1.165, 1.54) is 4.90 Å². The number of amides is 1. The van der Waals surface area contributed by atoms with E-state index in [0.29, 0.717) is 40.1 Å². The van der Waals surface area contributed by atoms with Gasteiger partial charge < -0.3 is 14.7 Å². The summed E-state index contributed by atoms with van der Waals surface area (Å²) in [5.74, 6) is -3.86. The SMILES string of the molecule is CCC(CN(c1ccc(F)cc1F)S(=O)(=O)C1CC1)N1C(=O)[C@H](CC(=O)O)O[C@H](c2cccc(Cl)c2)[C@H]1c1ccc(Cl)cc1. The van der Waals surface area contributed by atoms with Gasteiger partial charge in [-0.2, -0.15) is 0 Å². The molecule has 0 aromatic heterocycles. The number of halogens is 4. The van der Waals surface area contributed by atoms with Crippen molar-refractivity contribution < 1.29 is 36.6 Å². The molecule has 2 fully saturated rings. The first-order valence-electron chi connectivity index (χ1n) is 14.1. The van der Waals surface area contributed by atoms with Crippen LogP contribution in [0.3, 0.4) is 0 Å². The van der Waals surface area contributed by atoms with Gasteiger partial charge in [0.2, 0.25) is 10.0 Å². The first-order valence-corrected chi connectivity index (χ1v) is 16.3. The van der Waals surface area contributed by atoms with Gasteiger partial charge >= 0.3 is 5.97 Å². The van der Waals surface area contributed by atoms with Gasteiger partial charge in [0.25, 0.3) is 5.91 Å². The molecule has 44 heavy (non-hydrogen) atoms. The summed E-state index contributed by atoms with van der Waals surface area (Å²) in [7, 11) is -4.10. The normalized spacial score (nSPS) is 21.2. The number of morpholine rings is 1. The molecule has 0 radical (unpaired) electrons. The Kier molecular flexibility index (Phi) is 9.50. The maximum Gasteiger partial charge on any atom is 0.306 e. The lowest BCUT2D eigenvalue weighted by Crippen LogP contribution is -2.58. The summed E-state index contributed by atoms with van der Waals surface area (Å²) in [5, 5.41) is 9.74. The number of ether oxygens (including phenoxy) is 1. The molecule has 5 rings (SSSR count). The predicted molar refractivity (Wildman–Crippen MR) is 162 cm³/mol. The molecule has 2 aliphatic rings. The number of carbonyl (C=O) groups is 2. The Morgan fingerprint density at radius 2 is 1.75 bits per heavy atom. The Bertz CT molecular complexity index is 1660. The van der Waals surface area contributed by atoms with E-state index < -0.39 is 69.5 Å². The molecular weight excluding hydrogens is 637 g/mol. The van der Waals surface area contributed by atoms with Gasteiger partial charge in [-0.3, -0.25) is 13.9 Å². The van der Waals surface area contributed by atoms with Gasteiger partial charge in [-0.25, -0.2) is 17.2 Å². The smallest absolute Gasteiger partial charge is 0.306 e. The average Bonchev–Trinajstić information content (AvgIpc) is 3.82. The van der Waals surface area contributed by atoms with E-state index in [0.717, 1.165) is 16.4 Å². The Balaban J connectivity index is 1.66. The van der Waals surface area contributed by atoms with Gasteiger partial charge in [0.15, 0.2) is 0 Å². The summed E-state index contributed by atoms with van der Waals surface area (Å²) in [5.41, 5.74) is 0.811. The second-order valence-electron chi connectivity index (χ2n) is 10.9. The number of rotatable bonds is 11. The number of carboxylic acid groups (broad SMARTS) is 1. The predicted octanol–water partition coefficient (Wildman–Crippen LogP) is 6.53. The van der Waals surface area contributed by atoms with Crippen molar-refractivity contribution in [2.45, 2.75) is 62.1 Å². The fraction of sp³-hybridized carbons (Fsp3) is 0.355. The van der Waals surface area contributed by atoms with Crippen LogP contribution in [0.15, 0.2) is 66.7 Å². The summed E-state index contributed by atoms with van der Waals surface area (Å²) < 4.78 is 63.5. The molecule has 4 atom stereocenters. The number of benzene rings is 3.